The third-order valence-electron chi connectivity index (χ3n) is 3.22. The average Bonchev–Trinajstić information content (AvgIpc) is 3.05. The van der Waals surface area contributed by atoms with Crippen molar-refractivity contribution < 1.29 is 18.0 Å². The van der Waals surface area contributed by atoms with Crippen LogP contribution < -0.4 is 5.32 Å². The number of para-hydroxylation sites is 1. The van der Waals surface area contributed by atoms with Crippen molar-refractivity contribution in [2.24, 2.45) is 0 Å². The van der Waals surface area contributed by atoms with Gasteiger partial charge in [0.2, 0.25) is 0 Å². The summed E-state index contributed by atoms with van der Waals surface area (Å²) in [5, 5.41) is 10.1. The van der Waals surface area contributed by atoms with Crippen LogP contribution in [0.25, 0.3) is 5.69 Å². The van der Waals surface area contributed by atoms with Gasteiger partial charge < -0.3 is 5.32 Å². The summed E-state index contributed by atoms with van der Waals surface area (Å²) in [7, 11) is 0. The molecule has 3 rings (SSSR count). The van der Waals surface area contributed by atoms with E-state index in [1.807, 2.05) is 18.2 Å². The molecule has 0 aliphatic carbocycles. The van der Waals surface area contributed by atoms with Crippen molar-refractivity contribution in [3.63, 3.8) is 0 Å². The number of aromatic nitrogens is 3. The second-order valence-electron chi connectivity index (χ2n) is 4.91. The van der Waals surface area contributed by atoms with E-state index in [9.17, 15) is 18.0 Å². The van der Waals surface area contributed by atoms with E-state index in [0.29, 0.717) is 0 Å². The van der Waals surface area contributed by atoms with E-state index in [0.717, 1.165) is 17.8 Å². The zero-order chi connectivity index (χ0) is 17.2. The molecular formula is C16H11F3N4O. The Kier molecular flexibility index (Phi) is 4.03. The third kappa shape index (κ3) is 3.43. The molecular weight excluding hydrogens is 321 g/mol. The molecule has 1 N–H and O–H groups in total. The Balaban J connectivity index is 1.73. The van der Waals surface area contributed by atoms with Crippen LogP contribution in [0.15, 0.2) is 60.8 Å². The molecule has 0 fully saturated rings. The highest BCUT2D eigenvalue weighted by Gasteiger charge is 2.30. The zero-order valence-electron chi connectivity index (χ0n) is 12.2. The minimum Gasteiger partial charge on any atom is -0.321 e. The Morgan fingerprint density at radius 1 is 1.00 bits per heavy atom. The van der Waals surface area contributed by atoms with Crippen LogP contribution in [0.2, 0.25) is 0 Å². The molecule has 0 spiro atoms. The number of anilines is 1. The maximum atomic E-state index is 12.5. The number of alkyl halides is 3. The first-order chi connectivity index (χ1) is 11.4. The summed E-state index contributed by atoms with van der Waals surface area (Å²) in [6.45, 7) is 0. The Labute approximate surface area is 134 Å². The number of benzene rings is 2. The van der Waals surface area contributed by atoms with Crippen molar-refractivity contribution in [3.05, 3.63) is 72.1 Å². The molecule has 0 unspecified atom stereocenters. The van der Waals surface area contributed by atoms with Gasteiger partial charge in [0.05, 0.1) is 17.4 Å². The number of nitrogens with zero attached hydrogens (tertiary/aromatic N) is 3. The fourth-order valence-corrected chi connectivity index (χ4v) is 2.01. The quantitative estimate of drug-likeness (QED) is 0.798. The van der Waals surface area contributed by atoms with Crippen molar-refractivity contribution in [2.45, 2.75) is 6.18 Å². The summed E-state index contributed by atoms with van der Waals surface area (Å²) in [4.78, 5) is 12.1. The molecule has 0 saturated carbocycles. The van der Waals surface area contributed by atoms with Gasteiger partial charge in [0.25, 0.3) is 5.91 Å². The molecule has 1 amide bonds. The predicted molar refractivity (Wildman–Crippen MR) is 80.8 cm³/mol. The van der Waals surface area contributed by atoms with Gasteiger partial charge in [0.1, 0.15) is 0 Å². The van der Waals surface area contributed by atoms with Crippen LogP contribution >= 0.6 is 0 Å². The summed E-state index contributed by atoms with van der Waals surface area (Å²) in [6, 6.07) is 13.2. The largest absolute Gasteiger partial charge is 0.416 e. The molecule has 24 heavy (non-hydrogen) atoms. The van der Waals surface area contributed by atoms with Crippen molar-refractivity contribution in [2.75, 3.05) is 5.32 Å². The topological polar surface area (TPSA) is 59.8 Å². The number of carbonyl (C=O) groups is 1. The maximum absolute atomic E-state index is 12.5. The SMILES string of the molecule is O=C(Nc1ccc(C(F)(F)F)cc1)c1cn(-c2ccccc2)nn1. The van der Waals surface area contributed by atoms with Crippen LogP contribution in [-0.4, -0.2) is 20.9 Å². The fourth-order valence-electron chi connectivity index (χ4n) is 2.01. The van der Waals surface area contributed by atoms with Gasteiger partial charge >= 0.3 is 6.18 Å². The highest BCUT2D eigenvalue weighted by Crippen LogP contribution is 2.29. The second kappa shape index (κ2) is 6.15. The molecule has 0 saturated heterocycles. The van der Waals surface area contributed by atoms with E-state index in [2.05, 4.69) is 15.6 Å². The van der Waals surface area contributed by atoms with Crippen molar-refractivity contribution >= 4 is 11.6 Å². The highest BCUT2D eigenvalue weighted by atomic mass is 19.4. The molecule has 3 aromatic rings. The number of hydrogen-bond donors (Lipinski definition) is 1. The molecule has 2 aromatic carbocycles. The molecule has 1 heterocycles. The Morgan fingerprint density at radius 2 is 1.67 bits per heavy atom. The minimum absolute atomic E-state index is 0.0544. The van der Waals surface area contributed by atoms with Crippen LogP contribution in [0.3, 0.4) is 0 Å². The average molecular weight is 332 g/mol. The van der Waals surface area contributed by atoms with E-state index in [-0.39, 0.29) is 11.4 Å². The monoisotopic (exact) mass is 332 g/mol. The molecule has 1 aromatic heterocycles. The number of amides is 1. The van der Waals surface area contributed by atoms with E-state index < -0.39 is 17.6 Å². The van der Waals surface area contributed by atoms with Crippen LogP contribution in [-0.2, 0) is 6.18 Å². The minimum atomic E-state index is -4.42. The molecule has 8 heteroatoms. The van der Waals surface area contributed by atoms with E-state index in [1.165, 1.54) is 23.0 Å². The van der Waals surface area contributed by atoms with Gasteiger partial charge in [0.15, 0.2) is 5.69 Å². The molecule has 5 nitrogen and oxygen atoms in total. The smallest absolute Gasteiger partial charge is 0.321 e. The predicted octanol–water partition coefficient (Wildman–Crippen LogP) is 3.54. The summed E-state index contributed by atoms with van der Waals surface area (Å²) in [6.07, 6.45) is -2.98. The normalized spacial score (nSPS) is 11.3. The van der Waals surface area contributed by atoms with E-state index in [4.69, 9.17) is 0 Å². The van der Waals surface area contributed by atoms with Gasteiger partial charge in [-0.05, 0) is 36.4 Å². The second-order valence-corrected chi connectivity index (χ2v) is 4.91. The van der Waals surface area contributed by atoms with Gasteiger partial charge in [-0.25, -0.2) is 4.68 Å². The van der Waals surface area contributed by atoms with Crippen LogP contribution in [0.4, 0.5) is 18.9 Å². The maximum Gasteiger partial charge on any atom is 0.416 e. The number of hydrogen-bond acceptors (Lipinski definition) is 3. The van der Waals surface area contributed by atoms with Crippen molar-refractivity contribution in [1.29, 1.82) is 0 Å². The summed E-state index contributed by atoms with van der Waals surface area (Å²) < 4.78 is 38.9. The first-order valence-corrected chi connectivity index (χ1v) is 6.90. The van der Waals surface area contributed by atoms with E-state index in [1.54, 1.807) is 12.1 Å². The van der Waals surface area contributed by atoms with Crippen LogP contribution in [0.5, 0.6) is 0 Å². The Hall–Kier alpha value is -3.16. The molecule has 0 radical (unpaired) electrons. The molecule has 0 bridgehead atoms. The molecule has 0 aliphatic rings. The van der Waals surface area contributed by atoms with Gasteiger partial charge in [-0.3, -0.25) is 4.79 Å². The highest BCUT2D eigenvalue weighted by molar-refractivity contribution is 6.02. The Morgan fingerprint density at radius 3 is 2.29 bits per heavy atom. The third-order valence-corrected chi connectivity index (χ3v) is 3.22. The van der Waals surface area contributed by atoms with Gasteiger partial charge in [-0.1, -0.05) is 23.4 Å². The van der Waals surface area contributed by atoms with Crippen molar-refractivity contribution in [3.8, 4) is 5.69 Å². The first-order valence-electron chi connectivity index (χ1n) is 6.90. The number of nitrogens with one attached hydrogen (secondary N) is 1. The van der Waals surface area contributed by atoms with E-state index >= 15 is 0 Å². The lowest BCUT2D eigenvalue weighted by molar-refractivity contribution is -0.137. The summed E-state index contributed by atoms with van der Waals surface area (Å²) in [5.74, 6) is -0.558. The molecule has 0 atom stereocenters. The van der Waals surface area contributed by atoms with Gasteiger partial charge in [0, 0.05) is 5.69 Å². The summed E-state index contributed by atoms with van der Waals surface area (Å²) >= 11 is 0. The first kappa shape index (κ1) is 15.7. The molecule has 122 valence electrons. The van der Waals surface area contributed by atoms with Crippen molar-refractivity contribution in [1.82, 2.24) is 15.0 Å². The number of carbonyl (C=O) groups excluding carboxylic acids is 1. The van der Waals surface area contributed by atoms with Crippen LogP contribution in [0, 0.1) is 0 Å². The van der Waals surface area contributed by atoms with Gasteiger partial charge in [-0.15, -0.1) is 5.10 Å². The Bertz CT molecular complexity index is 842. The standard InChI is InChI=1S/C16H11F3N4O/c17-16(18,19)11-6-8-12(9-7-11)20-15(24)14-10-23(22-21-14)13-4-2-1-3-5-13/h1-10H,(H,20,24). The van der Waals surface area contributed by atoms with Gasteiger partial charge in [-0.2, -0.15) is 13.2 Å². The lowest BCUT2D eigenvalue weighted by Crippen LogP contribution is -2.13. The summed E-state index contributed by atoms with van der Waals surface area (Å²) in [5.41, 5.74) is 0.245. The zero-order valence-corrected chi connectivity index (χ0v) is 12.2. The van der Waals surface area contributed by atoms with Crippen LogP contribution in [0.1, 0.15) is 16.1 Å². The lowest BCUT2D eigenvalue weighted by atomic mass is 10.2. The number of rotatable bonds is 3. The lowest BCUT2D eigenvalue weighted by Gasteiger charge is -2.07. The fraction of sp³-hybridized carbons (Fsp3) is 0.0625. The molecule has 0 aliphatic heterocycles. The number of halogens is 3.